The summed E-state index contributed by atoms with van der Waals surface area (Å²) in [5.74, 6) is 2.43. The van der Waals surface area contributed by atoms with Crippen molar-refractivity contribution in [2.45, 2.75) is 26.2 Å². The van der Waals surface area contributed by atoms with E-state index in [0.29, 0.717) is 18.9 Å². The van der Waals surface area contributed by atoms with Gasteiger partial charge >= 0.3 is 0 Å². The molecule has 3 rings (SSSR count). The molecule has 0 aromatic heterocycles. The molecule has 1 saturated heterocycles. The van der Waals surface area contributed by atoms with Gasteiger partial charge in [-0.25, -0.2) is 0 Å². The standard InChI is InChI=1S/C22H27NO3/c1-17-6-8-20(9-7-17)26-13-11-18-10-12-23(16-18)22(24)15-19-4-3-5-21(14-19)25-2/h3-9,14,18H,10-13,15-16H2,1-2H3. The minimum atomic E-state index is 0.195. The fourth-order valence-electron chi connectivity index (χ4n) is 3.34. The summed E-state index contributed by atoms with van der Waals surface area (Å²) in [4.78, 5) is 14.5. The molecular formula is C22H27NO3. The van der Waals surface area contributed by atoms with Crippen molar-refractivity contribution in [2.75, 3.05) is 26.8 Å². The molecule has 0 aliphatic carbocycles. The molecule has 1 fully saturated rings. The van der Waals surface area contributed by atoms with Crippen LogP contribution in [-0.4, -0.2) is 37.6 Å². The predicted octanol–water partition coefficient (Wildman–Crippen LogP) is 3.86. The molecule has 0 spiro atoms. The number of hydrogen-bond donors (Lipinski definition) is 0. The molecule has 0 N–H and O–H groups in total. The summed E-state index contributed by atoms with van der Waals surface area (Å²) in [7, 11) is 1.64. The Hall–Kier alpha value is -2.49. The van der Waals surface area contributed by atoms with E-state index in [4.69, 9.17) is 9.47 Å². The number of carbonyl (C=O) groups excluding carboxylic acids is 1. The summed E-state index contributed by atoms with van der Waals surface area (Å²) in [6.45, 7) is 4.45. The third kappa shape index (κ3) is 5.01. The fraction of sp³-hybridized carbons (Fsp3) is 0.409. The highest BCUT2D eigenvalue weighted by Gasteiger charge is 2.26. The molecule has 2 aromatic rings. The normalized spacial score (nSPS) is 16.5. The molecule has 1 unspecified atom stereocenters. The first-order valence-corrected chi connectivity index (χ1v) is 9.24. The zero-order valence-electron chi connectivity index (χ0n) is 15.6. The number of carbonyl (C=O) groups is 1. The van der Waals surface area contributed by atoms with E-state index < -0.39 is 0 Å². The van der Waals surface area contributed by atoms with E-state index in [0.717, 1.165) is 43.0 Å². The number of rotatable bonds is 7. The molecule has 26 heavy (non-hydrogen) atoms. The number of hydrogen-bond acceptors (Lipinski definition) is 3. The van der Waals surface area contributed by atoms with Crippen molar-refractivity contribution in [3.8, 4) is 11.5 Å². The van der Waals surface area contributed by atoms with Gasteiger partial charge in [0, 0.05) is 13.1 Å². The average molecular weight is 353 g/mol. The fourth-order valence-corrected chi connectivity index (χ4v) is 3.34. The molecule has 2 aromatic carbocycles. The van der Waals surface area contributed by atoms with Crippen molar-refractivity contribution in [1.29, 1.82) is 0 Å². The minimum absolute atomic E-state index is 0.195. The van der Waals surface area contributed by atoms with Gasteiger partial charge < -0.3 is 14.4 Å². The van der Waals surface area contributed by atoms with Gasteiger partial charge in [0.2, 0.25) is 5.91 Å². The minimum Gasteiger partial charge on any atom is -0.497 e. The summed E-state index contributed by atoms with van der Waals surface area (Å²) < 4.78 is 11.0. The number of benzene rings is 2. The number of likely N-dealkylation sites (tertiary alicyclic amines) is 1. The molecule has 1 amide bonds. The Morgan fingerprint density at radius 3 is 2.73 bits per heavy atom. The summed E-state index contributed by atoms with van der Waals surface area (Å²) >= 11 is 0. The number of aryl methyl sites for hydroxylation is 1. The first-order valence-electron chi connectivity index (χ1n) is 9.24. The number of methoxy groups -OCH3 is 1. The van der Waals surface area contributed by atoms with Gasteiger partial charge in [0.05, 0.1) is 20.1 Å². The second-order valence-corrected chi connectivity index (χ2v) is 6.97. The van der Waals surface area contributed by atoms with Crippen molar-refractivity contribution < 1.29 is 14.3 Å². The number of ether oxygens (including phenoxy) is 2. The SMILES string of the molecule is COc1cccc(CC(=O)N2CCC(CCOc3ccc(C)cc3)C2)c1. The molecule has 4 heteroatoms. The number of nitrogens with zero attached hydrogens (tertiary/aromatic N) is 1. The van der Waals surface area contributed by atoms with Crippen molar-refractivity contribution in [3.63, 3.8) is 0 Å². The van der Waals surface area contributed by atoms with Gasteiger partial charge in [-0.1, -0.05) is 29.8 Å². The van der Waals surface area contributed by atoms with Crippen LogP contribution in [0, 0.1) is 12.8 Å². The molecule has 1 atom stereocenters. The van der Waals surface area contributed by atoms with Crippen LogP contribution in [0.2, 0.25) is 0 Å². The van der Waals surface area contributed by atoms with Crippen LogP contribution in [0.3, 0.4) is 0 Å². The van der Waals surface area contributed by atoms with Crippen LogP contribution in [-0.2, 0) is 11.2 Å². The lowest BCUT2D eigenvalue weighted by Gasteiger charge is -2.17. The van der Waals surface area contributed by atoms with E-state index in [-0.39, 0.29) is 5.91 Å². The van der Waals surface area contributed by atoms with E-state index in [9.17, 15) is 4.79 Å². The zero-order valence-corrected chi connectivity index (χ0v) is 15.6. The highest BCUT2D eigenvalue weighted by atomic mass is 16.5. The van der Waals surface area contributed by atoms with Crippen LogP contribution in [0.1, 0.15) is 24.0 Å². The Morgan fingerprint density at radius 1 is 1.15 bits per heavy atom. The summed E-state index contributed by atoms with van der Waals surface area (Å²) in [5, 5.41) is 0. The Labute approximate surface area is 155 Å². The second kappa shape index (κ2) is 8.75. The van der Waals surface area contributed by atoms with Crippen LogP contribution < -0.4 is 9.47 Å². The Morgan fingerprint density at radius 2 is 1.96 bits per heavy atom. The summed E-state index contributed by atoms with van der Waals surface area (Å²) in [6, 6.07) is 15.9. The van der Waals surface area contributed by atoms with Crippen molar-refractivity contribution in [3.05, 3.63) is 59.7 Å². The van der Waals surface area contributed by atoms with Gasteiger partial charge in [-0.2, -0.15) is 0 Å². The van der Waals surface area contributed by atoms with E-state index in [2.05, 4.69) is 19.1 Å². The largest absolute Gasteiger partial charge is 0.497 e. The van der Waals surface area contributed by atoms with Gasteiger partial charge in [-0.15, -0.1) is 0 Å². The van der Waals surface area contributed by atoms with Crippen LogP contribution >= 0.6 is 0 Å². The highest BCUT2D eigenvalue weighted by molar-refractivity contribution is 5.79. The van der Waals surface area contributed by atoms with Gasteiger partial charge in [0.1, 0.15) is 11.5 Å². The summed E-state index contributed by atoms with van der Waals surface area (Å²) in [5.41, 5.74) is 2.24. The van der Waals surface area contributed by atoms with Gasteiger partial charge in [0.15, 0.2) is 0 Å². The molecule has 4 nitrogen and oxygen atoms in total. The quantitative estimate of drug-likeness (QED) is 0.759. The molecule has 1 heterocycles. The molecular weight excluding hydrogens is 326 g/mol. The second-order valence-electron chi connectivity index (χ2n) is 6.97. The van der Waals surface area contributed by atoms with E-state index in [1.807, 2.05) is 41.3 Å². The van der Waals surface area contributed by atoms with Gasteiger partial charge in [-0.05, 0) is 55.5 Å². The van der Waals surface area contributed by atoms with Gasteiger partial charge in [0.25, 0.3) is 0 Å². The smallest absolute Gasteiger partial charge is 0.227 e. The Kier molecular flexibility index (Phi) is 6.16. The van der Waals surface area contributed by atoms with Crippen LogP contribution in [0.4, 0.5) is 0 Å². The lowest BCUT2D eigenvalue weighted by atomic mass is 10.1. The molecule has 0 saturated carbocycles. The lowest BCUT2D eigenvalue weighted by molar-refractivity contribution is -0.129. The first kappa shape index (κ1) is 18.3. The van der Waals surface area contributed by atoms with Crippen molar-refractivity contribution in [2.24, 2.45) is 5.92 Å². The monoisotopic (exact) mass is 353 g/mol. The molecule has 0 bridgehead atoms. The maximum atomic E-state index is 12.5. The average Bonchev–Trinajstić information content (AvgIpc) is 3.13. The van der Waals surface area contributed by atoms with E-state index in [1.165, 1.54) is 5.56 Å². The van der Waals surface area contributed by atoms with Gasteiger partial charge in [-0.3, -0.25) is 4.79 Å². The maximum absolute atomic E-state index is 12.5. The Bertz CT molecular complexity index is 726. The summed E-state index contributed by atoms with van der Waals surface area (Å²) in [6.07, 6.45) is 2.47. The third-order valence-electron chi connectivity index (χ3n) is 4.94. The van der Waals surface area contributed by atoms with Crippen LogP contribution in [0.25, 0.3) is 0 Å². The molecule has 1 aliphatic rings. The highest BCUT2D eigenvalue weighted by Crippen LogP contribution is 2.22. The number of amides is 1. The topological polar surface area (TPSA) is 38.8 Å². The molecule has 0 radical (unpaired) electrons. The zero-order chi connectivity index (χ0) is 18.4. The molecule has 138 valence electrons. The van der Waals surface area contributed by atoms with Crippen LogP contribution in [0.15, 0.2) is 48.5 Å². The van der Waals surface area contributed by atoms with Crippen LogP contribution in [0.5, 0.6) is 11.5 Å². The third-order valence-corrected chi connectivity index (χ3v) is 4.94. The predicted molar refractivity (Wildman–Crippen MR) is 103 cm³/mol. The van der Waals surface area contributed by atoms with E-state index in [1.54, 1.807) is 7.11 Å². The Balaban J connectivity index is 1.42. The lowest BCUT2D eigenvalue weighted by Crippen LogP contribution is -2.30. The first-order chi connectivity index (χ1) is 12.6. The van der Waals surface area contributed by atoms with Crippen molar-refractivity contribution >= 4 is 5.91 Å². The molecule has 1 aliphatic heterocycles. The van der Waals surface area contributed by atoms with Crippen molar-refractivity contribution in [1.82, 2.24) is 4.90 Å². The van der Waals surface area contributed by atoms with E-state index >= 15 is 0 Å². The maximum Gasteiger partial charge on any atom is 0.227 e.